The fraction of sp³-hybridized carbons (Fsp3) is 0.654. The van der Waals surface area contributed by atoms with Gasteiger partial charge in [-0.3, -0.25) is 14.4 Å². The van der Waals surface area contributed by atoms with E-state index in [1.807, 2.05) is 29.2 Å². The molecule has 0 spiro atoms. The molecule has 3 N–H and O–H groups in total. The number of hydrogen-bond donors (Lipinski definition) is 3. The number of likely N-dealkylation sites (tertiary alicyclic amines) is 1. The molecule has 0 saturated carbocycles. The van der Waals surface area contributed by atoms with Crippen molar-refractivity contribution in [1.82, 2.24) is 15.5 Å². The number of aliphatic carboxylic acids is 1. The van der Waals surface area contributed by atoms with Gasteiger partial charge >= 0.3 is 5.97 Å². The molecule has 188 valence electrons. The zero-order valence-corrected chi connectivity index (χ0v) is 20.3. The van der Waals surface area contributed by atoms with Crippen molar-refractivity contribution in [3.05, 3.63) is 29.8 Å². The number of methoxy groups -OCH3 is 1. The number of piperidine rings is 2. The SMILES string of the molecule is COc1cccc(CC[C@H](CNC(=O)[C@@H]2CCCN(C(=O)CCC3CCNCC3)C2)C(=O)O)c1. The maximum absolute atomic E-state index is 12.8. The lowest BCUT2D eigenvalue weighted by molar-refractivity contribution is -0.142. The van der Waals surface area contributed by atoms with Crippen LogP contribution in [0.25, 0.3) is 0 Å². The molecule has 1 aromatic rings. The zero-order valence-electron chi connectivity index (χ0n) is 20.3. The fourth-order valence-electron chi connectivity index (χ4n) is 4.92. The van der Waals surface area contributed by atoms with Gasteiger partial charge in [0.05, 0.1) is 18.9 Å². The first-order valence-corrected chi connectivity index (χ1v) is 12.6. The standard InChI is InChI=1S/C26H39N3O5/c1-34-23-6-2-4-20(16-23)7-9-21(26(32)33)17-28-25(31)22-5-3-15-29(18-22)24(30)10-8-19-11-13-27-14-12-19/h2,4,6,16,19,21-22,27H,3,5,7-15,17-18H2,1H3,(H,28,31)(H,32,33)/t21-,22-/m1/s1. The van der Waals surface area contributed by atoms with Gasteiger partial charge < -0.3 is 25.4 Å². The predicted octanol–water partition coefficient (Wildman–Crippen LogP) is 2.46. The Morgan fingerprint density at radius 3 is 2.76 bits per heavy atom. The molecule has 3 rings (SSSR count). The maximum Gasteiger partial charge on any atom is 0.308 e. The van der Waals surface area contributed by atoms with Crippen molar-refractivity contribution in [1.29, 1.82) is 0 Å². The average Bonchev–Trinajstić information content (AvgIpc) is 2.87. The van der Waals surface area contributed by atoms with Gasteiger partial charge in [0.2, 0.25) is 11.8 Å². The number of benzene rings is 1. The number of carboxylic acid groups (broad SMARTS) is 1. The molecule has 2 heterocycles. The average molecular weight is 474 g/mol. The van der Waals surface area contributed by atoms with E-state index in [1.165, 1.54) is 0 Å². The van der Waals surface area contributed by atoms with Crippen LogP contribution in [-0.2, 0) is 20.8 Å². The molecule has 8 heteroatoms. The summed E-state index contributed by atoms with van der Waals surface area (Å²) in [6, 6.07) is 7.58. The summed E-state index contributed by atoms with van der Waals surface area (Å²) in [6.45, 7) is 3.28. The summed E-state index contributed by atoms with van der Waals surface area (Å²) in [5.41, 5.74) is 1.00. The Balaban J connectivity index is 1.43. The van der Waals surface area contributed by atoms with Gasteiger partial charge in [0, 0.05) is 26.1 Å². The van der Waals surface area contributed by atoms with E-state index in [1.54, 1.807) is 7.11 Å². The van der Waals surface area contributed by atoms with Crippen LogP contribution in [-0.4, -0.2) is 67.6 Å². The summed E-state index contributed by atoms with van der Waals surface area (Å²) in [5, 5.41) is 15.8. The molecule has 2 aliphatic rings. The Morgan fingerprint density at radius 2 is 2.03 bits per heavy atom. The van der Waals surface area contributed by atoms with Crippen molar-refractivity contribution in [2.45, 2.75) is 51.4 Å². The van der Waals surface area contributed by atoms with Crippen molar-refractivity contribution in [3.8, 4) is 5.75 Å². The van der Waals surface area contributed by atoms with Crippen molar-refractivity contribution >= 4 is 17.8 Å². The van der Waals surface area contributed by atoms with Crippen LogP contribution in [0.15, 0.2) is 24.3 Å². The number of ether oxygens (including phenoxy) is 1. The van der Waals surface area contributed by atoms with E-state index in [2.05, 4.69) is 10.6 Å². The largest absolute Gasteiger partial charge is 0.497 e. The van der Waals surface area contributed by atoms with Crippen molar-refractivity contribution in [2.75, 3.05) is 39.8 Å². The van der Waals surface area contributed by atoms with Gasteiger partial charge in [-0.25, -0.2) is 0 Å². The molecule has 34 heavy (non-hydrogen) atoms. The van der Waals surface area contributed by atoms with Crippen molar-refractivity contribution in [2.24, 2.45) is 17.8 Å². The van der Waals surface area contributed by atoms with E-state index in [4.69, 9.17) is 4.74 Å². The number of carbonyl (C=O) groups excluding carboxylic acids is 2. The molecular formula is C26H39N3O5. The molecule has 1 aromatic carbocycles. The summed E-state index contributed by atoms with van der Waals surface area (Å²) in [7, 11) is 1.60. The summed E-state index contributed by atoms with van der Waals surface area (Å²) in [6.07, 6.45) is 6.26. The summed E-state index contributed by atoms with van der Waals surface area (Å²) in [4.78, 5) is 39.1. The van der Waals surface area contributed by atoms with Crippen LogP contribution in [0.3, 0.4) is 0 Å². The Morgan fingerprint density at radius 1 is 1.24 bits per heavy atom. The number of rotatable bonds is 11. The van der Waals surface area contributed by atoms with E-state index < -0.39 is 11.9 Å². The quantitative estimate of drug-likeness (QED) is 0.456. The van der Waals surface area contributed by atoms with Crippen LogP contribution < -0.4 is 15.4 Å². The second-order valence-corrected chi connectivity index (χ2v) is 9.58. The van der Waals surface area contributed by atoms with E-state index in [0.717, 1.165) is 56.5 Å². The normalized spacial score (nSPS) is 19.9. The highest BCUT2D eigenvalue weighted by Crippen LogP contribution is 2.22. The van der Waals surface area contributed by atoms with Gasteiger partial charge in [-0.2, -0.15) is 0 Å². The lowest BCUT2D eigenvalue weighted by Crippen LogP contribution is -2.46. The third kappa shape index (κ3) is 8.01. The lowest BCUT2D eigenvalue weighted by atomic mass is 9.92. The highest BCUT2D eigenvalue weighted by Gasteiger charge is 2.29. The number of carboxylic acids is 1. The minimum Gasteiger partial charge on any atom is -0.497 e. The maximum atomic E-state index is 12.8. The summed E-state index contributed by atoms with van der Waals surface area (Å²) >= 11 is 0. The molecule has 0 aliphatic carbocycles. The molecule has 0 radical (unpaired) electrons. The van der Waals surface area contributed by atoms with Gasteiger partial charge in [-0.05, 0) is 81.6 Å². The highest BCUT2D eigenvalue weighted by molar-refractivity contribution is 5.82. The number of nitrogens with zero attached hydrogens (tertiary/aromatic N) is 1. The van der Waals surface area contributed by atoms with Crippen LogP contribution in [0.4, 0.5) is 0 Å². The molecule has 0 unspecified atom stereocenters. The van der Waals surface area contributed by atoms with Gasteiger partial charge in [0.25, 0.3) is 0 Å². The first-order chi connectivity index (χ1) is 16.5. The number of aryl methyl sites for hydroxylation is 1. The van der Waals surface area contributed by atoms with Crippen LogP contribution in [0.2, 0.25) is 0 Å². The van der Waals surface area contributed by atoms with Gasteiger partial charge in [0.15, 0.2) is 0 Å². The predicted molar refractivity (Wildman–Crippen MR) is 130 cm³/mol. The molecule has 2 fully saturated rings. The van der Waals surface area contributed by atoms with E-state index in [9.17, 15) is 19.5 Å². The lowest BCUT2D eigenvalue weighted by Gasteiger charge is -2.33. The number of hydrogen-bond acceptors (Lipinski definition) is 5. The first kappa shape index (κ1) is 26.0. The molecule has 2 atom stereocenters. The Kier molecular flexibility index (Phi) is 10.2. The number of carbonyl (C=O) groups is 3. The highest BCUT2D eigenvalue weighted by atomic mass is 16.5. The molecule has 2 amide bonds. The van der Waals surface area contributed by atoms with Gasteiger partial charge in [-0.1, -0.05) is 12.1 Å². The van der Waals surface area contributed by atoms with Crippen LogP contribution in [0, 0.1) is 17.8 Å². The molecular weight excluding hydrogens is 434 g/mol. The summed E-state index contributed by atoms with van der Waals surface area (Å²) < 4.78 is 5.22. The smallest absolute Gasteiger partial charge is 0.308 e. The second-order valence-electron chi connectivity index (χ2n) is 9.58. The van der Waals surface area contributed by atoms with Crippen LogP contribution in [0.1, 0.15) is 50.5 Å². The first-order valence-electron chi connectivity index (χ1n) is 12.6. The molecule has 8 nitrogen and oxygen atoms in total. The minimum absolute atomic E-state index is 0.0955. The van der Waals surface area contributed by atoms with Crippen molar-refractivity contribution < 1.29 is 24.2 Å². The zero-order chi connectivity index (χ0) is 24.3. The minimum atomic E-state index is -0.915. The van der Waals surface area contributed by atoms with E-state index in [-0.39, 0.29) is 24.3 Å². The third-order valence-electron chi connectivity index (χ3n) is 7.16. The summed E-state index contributed by atoms with van der Waals surface area (Å²) in [5.74, 6) is -0.516. The molecule has 2 aliphatic heterocycles. The Labute approximate surface area is 202 Å². The van der Waals surface area contributed by atoms with Gasteiger partial charge in [0.1, 0.15) is 5.75 Å². The topological polar surface area (TPSA) is 108 Å². The fourth-order valence-corrected chi connectivity index (χ4v) is 4.92. The third-order valence-corrected chi connectivity index (χ3v) is 7.16. The number of nitrogens with one attached hydrogen (secondary N) is 2. The Hall–Kier alpha value is -2.61. The van der Waals surface area contributed by atoms with E-state index >= 15 is 0 Å². The Bertz CT molecular complexity index is 824. The second kappa shape index (κ2) is 13.3. The van der Waals surface area contributed by atoms with Crippen molar-refractivity contribution in [3.63, 3.8) is 0 Å². The van der Waals surface area contributed by atoms with Crippen LogP contribution in [0.5, 0.6) is 5.75 Å². The van der Waals surface area contributed by atoms with Crippen LogP contribution >= 0.6 is 0 Å². The molecule has 0 bridgehead atoms. The van der Waals surface area contributed by atoms with E-state index in [0.29, 0.717) is 38.3 Å². The van der Waals surface area contributed by atoms with Gasteiger partial charge in [-0.15, -0.1) is 0 Å². The number of amides is 2. The molecule has 2 saturated heterocycles. The molecule has 0 aromatic heterocycles. The monoisotopic (exact) mass is 473 g/mol.